The van der Waals surface area contributed by atoms with Gasteiger partial charge in [0.15, 0.2) is 23.4 Å². The van der Waals surface area contributed by atoms with Crippen LogP contribution in [0.15, 0.2) is 65.6 Å². The quantitative estimate of drug-likeness (QED) is 0.291. The first-order valence-electron chi connectivity index (χ1n) is 15.5. The minimum Gasteiger partial charge on any atom is -0.504 e. The fourth-order valence-electron chi connectivity index (χ4n) is 8.31. The number of hydrogen-bond acceptors (Lipinski definition) is 8. The van der Waals surface area contributed by atoms with Crippen LogP contribution in [0.4, 0.5) is 11.4 Å². The van der Waals surface area contributed by atoms with Crippen LogP contribution >= 0.6 is 0 Å². The average Bonchev–Trinajstić information content (AvgIpc) is 3.75. The van der Waals surface area contributed by atoms with Gasteiger partial charge in [-0.25, -0.2) is 8.42 Å². The van der Waals surface area contributed by atoms with Crippen LogP contribution in [0.2, 0.25) is 0 Å². The van der Waals surface area contributed by atoms with Crippen molar-refractivity contribution in [3.8, 4) is 11.5 Å². The molecule has 10 nitrogen and oxygen atoms in total. The highest BCUT2D eigenvalue weighted by Gasteiger charge is 2.75. The molecule has 0 aromatic heterocycles. The number of aromatic hydroxyl groups is 1. The number of rotatable bonds is 7. The number of hydrogen-bond donors (Lipinski definition) is 4. The molecule has 234 valence electrons. The maximum absolute atomic E-state index is 14.1. The van der Waals surface area contributed by atoms with E-state index in [0.29, 0.717) is 36.7 Å². The third-order valence-corrected chi connectivity index (χ3v) is 12.1. The molecule has 8 rings (SSSR count). The molecule has 1 saturated heterocycles. The van der Waals surface area contributed by atoms with E-state index in [4.69, 9.17) is 4.74 Å². The van der Waals surface area contributed by atoms with Crippen LogP contribution in [0.1, 0.15) is 42.4 Å². The molecule has 3 aliphatic carbocycles. The molecule has 0 radical (unpaired) electrons. The van der Waals surface area contributed by atoms with E-state index in [1.54, 1.807) is 30.3 Å². The summed E-state index contributed by atoms with van der Waals surface area (Å²) in [5, 5.41) is 26.3. The number of anilines is 2. The van der Waals surface area contributed by atoms with E-state index in [2.05, 4.69) is 14.9 Å². The van der Waals surface area contributed by atoms with Crippen LogP contribution in [0, 0.1) is 18.8 Å². The van der Waals surface area contributed by atoms with Gasteiger partial charge in [-0.3, -0.25) is 19.2 Å². The van der Waals surface area contributed by atoms with E-state index < -0.39 is 44.8 Å². The standard InChI is InChI=1S/C34H35N3O7S/c1-19-2-11-24(12-3-19)45(42,43)36-23-9-7-22(8-10-23)35-32(40)25-17-34(41)27-16-21-6-13-26(38)30-28(21)33(34,31(44-30)29(25)39)14-15-37(27)18-20-4-5-20/h2-3,6-13,20,25,27,31,36,38,41H,4-5,14-18H2,1H3,(H,35,40)/t25?,27-,31+,33+,34-/m1/s1. The Morgan fingerprint density at radius 2 is 1.76 bits per heavy atom. The summed E-state index contributed by atoms with van der Waals surface area (Å²) in [6.07, 6.45) is 2.25. The Balaban J connectivity index is 1.06. The van der Waals surface area contributed by atoms with Crippen molar-refractivity contribution in [2.45, 2.75) is 67.1 Å². The van der Waals surface area contributed by atoms with Gasteiger partial charge in [-0.2, -0.15) is 0 Å². The molecule has 3 fully saturated rings. The Morgan fingerprint density at radius 1 is 1.04 bits per heavy atom. The van der Waals surface area contributed by atoms with Crippen molar-refractivity contribution in [3.05, 3.63) is 77.4 Å². The van der Waals surface area contributed by atoms with Gasteiger partial charge in [0, 0.05) is 29.5 Å². The Kier molecular flexibility index (Phi) is 6.20. The number of likely N-dealkylation sites (tertiary alicyclic amines) is 1. The highest BCUT2D eigenvalue weighted by Crippen LogP contribution is 2.65. The van der Waals surface area contributed by atoms with Crippen molar-refractivity contribution in [1.82, 2.24) is 4.90 Å². The second-order valence-corrected chi connectivity index (χ2v) is 15.1. The van der Waals surface area contributed by atoms with E-state index in [0.717, 1.165) is 23.2 Å². The topological polar surface area (TPSA) is 145 Å². The van der Waals surface area contributed by atoms with Gasteiger partial charge in [0.2, 0.25) is 5.91 Å². The first-order chi connectivity index (χ1) is 21.5. The van der Waals surface area contributed by atoms with Gasteiger partial charge in [0.1, 0.15) is 5.92 Å². The number of benzene rings is 3. The molecule has 11 heteroatoms. The summed E-state index contributed by atoms with van der Waals surface area (Å²) in [7, 11) is -3.80. The number of piperidine rings is 1. The maximum atomic E-state index is 14.1. The highest BCUT2D eigenvalue weighted by atomic mass is 32.2. The Labute approximate surface area is 261 Å². The van der Waals surface area contributed by atoms with E-state index >= 15 is 0 Å². The van der Waals surface area contributed by atoms with Crippen molar-refractivity contribution in [1.29, 1.82) is 0 Å². The lowest BCUT2D eigenvalue weighted by Crippen LogP contribution is -2.78. The third-order valence-electron chi connectivity index (χ3n) is 10.7. The molecule has 2 saturated carbocycles. The van der Waals surface area contributed by atoms with Gasteiger partial charge in [-0.15, -0.1) is 0 Å². The minimum atomic E-state index is -3.80. The predicted octanol–water partition coefficient (Wildman–Crippen LogP) is 3.50. The molecular weight excluding hydrogens is 594 g/mol. The van der Waals surface area contributed by atoms with E-state index in [-0.39, 0.29) is 28.9 Å². The van der Waals surface area contributed by atoms with Crippen molar-refractivity contribution >= 4 is 33.1 Å². The van der Waals surface area contributed by atoms with Crippen LogP contribution in [-0.4, -0.2) is 66.1 Å². The minimum absolute atomic E-state index is 0.0493. The molecule has 3 aromatic rings. The average molecular weight is 630 g/mol. The lowest BCUT2D eigenvalue weighted by Gasteiger charge is -2.63. The van der Waals surface area contributed by atoms with Gasteiger partial charge in [-0.05, 0) is 99.5 Å². The summed E-state index contributed by atoms with van der Waals surface area (Å²) in [6, 6.07) is 15.9. The number of sulfonamides is 1. The predicted molar refractivity (Wildman–Crippen MR) is 166 cm³/mol. The van der Waals surface area contributed by atoms with Crippen LogP contribution in [0.5, 0.6) is 11.5 Å². The second kappa shape index (κ2) is 9.78. The number of nitrogens with one attached hydrogen (secondary N) is 2. The van der Waals surface area contributed by atoms with E-state index in [1.807, 2.05) is 13.0 Å². The first kappa shape index (κ1) is 28.5. The zero-order chi connectivity index (χ0) is 31.3. The Hall–Kier alpha value is -3.93. The zero-order valence-electron chi connectivity index (χ0n) is 24.8. The number of aryl methyl sites for hydroxylation is 1. The molecule has 2 aliphatic heterocycles. The van der Waals surface area contributed by atoms with Gasteiger partial charge >= 0.3 is 0 Å². The maximum Gasteiger partial charge on any atom is 0.261 e. The number of phenols is 1. The second-order valence-electron chi connectivity index (χ2n) is 13.4. The molecular formula is C34H35N3O7S. The molecule has 2 heterocycles. The number of carbonyl (C=O) groups excluding carboxylic acids is 2. The lowest BCUT2D eigenvalue weighted by atomic mass is 9.47. The monoisotopic (exact) mass is 629 g/mol. The van der Waals surface area contributed by atoms with Crippen molar-refractivity contribution < 1.29 is 33.0 Å². The first-order valence-corrected chi connectivity index (χ1v) is 17.0. The zero-order valence-corrected chi connectivity index (χ0v) is 25.6. The largest absolute Gasteiger partial charge is 0.504 e. The molecule has 5 aliphatic rings. The molecule has 1 spiro atoms. The normalized spacial score (nSPS) is 29.9. The number of amides is 1. The van der Waals surface area contributed by atoms with Crippen LogP contribution < -0.4 is 14.8 Å². The van der Waals surface area contributed by atoms with Crippen LogP contribution in [-0.2, 0) is 31.4 Å². The number of ether oxygens (including phenoxy) is 1. The van der Waals surface area contributed by atoms with Crippen molar-refractivity contribution in [2.75, 3.05) is 23.1 Å². The van der Waals surface area contributed by atoms with Gasteiger partial charge in [-0.1, -0.05) is 23.8 Å². The van der Waals surface area contributed by atoms with Crippen LogP contribution in [0.25, 0.3) is 0 Å². The summed E-state index contributed by atoms with van der Waals surface area (Å²) in [4.78, 5) is 30.3. The smallest absolute Gasteiger partial charge is 0.261 e. The Morgan fingerprint density at radius 3 is 2.47 bits per heavy atom. The van der Waals surface area contributed by atoms with Gasteiger partial charge in [0.05, 0.1) is 15.9 Å². The van der Waals surface area contributed by atoms with E-state index in [1.165, 1.54) is 37.1 Å². The molecule has 4 N–H and O–H groups in total. The number of aliphatic hydroxyl groups is 1. The summed E-state index contributed by atoms with van der Waals surface area (Å²) in [5.41, 5.74) is 0.920. The fraction of sp³-hybridized carbons (Fsp3) is 0.412. The molecule has 45 heavy (non-hydrogen) atoms. The summed E-state index contributed by atoms with van der Waals surface area (Å²) >= 11 is 0. The Bertz CT molecular complexity index is 1840. The van der Waals surface area contributed by atoms with Gasteiger partial charge < -0.3 is 20.3 Å². The number of phenolic OH excluding ortho intramolecular Hbond substituents is 1. The lowest BCUT2D eigenvalue weighted by molar-refractivity contribution is -0.197. The van der Waals surface area contributed by atoms with Gasteiger partial charge in [0.25, 0.3) is 10.0 Å². The molecule has 3 aromatic carbocycles. The third kappa shape index (κ3) is 4.24. The number of carbonyl (C=O) groups is 2. The van der Waals surface area contributed by atoms with E-state index in [9.17, 15) is 28.2 Å². The SMILES string of the molecule is Cc1ccc(S(=O)(=O)Nc2ccc(NC(=O)C3C[C@@]4(O)[C@H]5Cc6ccc(O)c7c6[C@@]4(CCN5CC4CC4)[C@@H](O7)C3=O)cc2)cc1. The number of ketones is 1. The van der Waals surface area contributed by atoms with Crippen molar-refractivity contribution in [2.24, 2.45) is 11.8 Å². The van der Waals surface area contributed by atoms with Crippen molar-refractivity contribution in [3.63, 3.8) is 0 Å². The summed E-state index contributed by atoms with van der Waals surface area (Å²) in [6.45, 7) is 3.46. The molecule has 1 amide bonds. The molecule has 1 unspecified atom stereocenters. The number of Topliss-reactive ketones (excluding diaryl/α,β-unsaturated/α-hetero) is 1. The summed E-state index contributed by atoms with van der Waals surface area (Å²) < 4.78 is 34.4. The van der Waals surface area contributed by atoms with Crippen LogP contribution in [0.3, 0.4) is 0 Å². The fourth-order valence-corrected chi connectivity index (χ4v) is 9.37. The highest BCUT2D eigenvalue weighted by molar-refractivity contribution is 7.92. The molecule has 5 atom stereocenters. The molecule has 2 bridgehead atoms. The number of nitrogens with zero attached hydrogens (tertiary/aromatic N) is 1. The summed E-state index contributed by atoms with van der Waals surface area (Å²) in [5.74, 6) is -1.35.